The number of esters is 1. The van der Waals surface area contributed by atoms with E-state index < -0.39 is 0 Å². The zero-order valence-electron chi connectivity index (χ0n) is 15.2. The number of hydrogen-bond acceptors (Lipinski definition) is 4. The van der Waals surface area contributed by atoms with Gasteiger partial charge in [0.1, 0.15) is 18.1 Å². The molecule has 0 unspecified atom stereocenters. The Morgan fingerprint density at radius 2 is 1.73 bits per heavy atom. The third kappa shape index (κ3) is 2.76. The van der Waals surface area contributed by atoms with E-state index in [0.717, 1.165) is 28.9 Å². The molecule has 26 heavy (non-hydrogen) atoms. The van der Waals surface area contributed by atoms with Crippen LogP contribution in [0.5, 0.6) is 0 Å². The van der Waals surface area contributed by atoms with Gasteiger partial charge in [-0.05, 0) is 74.8 Å². The lowest BCUT2D eigenvalue weighted by Gasteiger charge is -2.53. The lowest BCUT2D eigenvalue weighted by atomic mass is 9.52. The summed E-state index contributed by atoms with van der Waals surface area (Å²) in [4.78, 5) is 17.4. The van der Waals surface area contributed by atoms with Crippen LogP contribution in [0.3, 0.4) is 0 Å². The van der Waals surface area contributed by atoms with E-state index in [1.165, 1.54) is 32.1 Å². The van der Waals surface area contributed by atoms with Crippen molar-refractivity contribution in [3.8, 4) is 11.5 Å². The normalized spacial score (nSPS) is 32.0. The Labute approximate surface area is 154 Å². The van der Waals surface area contributed by atoms with Crippen molar-refractivity contribution in [1.82, 2.24) is 4.98 Å². The number of oxazole rings is 1. The van der Waals surface area contributed by atoms with Crippen molar-refractivity contribution in [2.75, 3.05) is 0 Å². The van der Waals surface area contributed by atoms with Crippen LogP contribution in [-0.4, -0.2) is 11.0 Å². The number of benzene rings is 1. The highest BCUT2D eigenvalue weighted by atomic mass is 16.5. The molecule has 4 nitrogen and oxygen atoms in total. The van der Waals surface area contributed by atoms with Gasteiger partial charge in [-0.1, -0.05) is 18.2 Å². The van der Waals surface area contributed by atoms with Crippen LogP contribution < -0.4 is 0 Å². The highest BCUT2D eigenvalue weighted by Crippen LogP contribution is 2.56. The number of carbonyl (C=O) groups is 1. The minimum Gasteiger partial charge on any atom is -0.459 e. The fourth-order valence-corrected chi connectivity index (χ4v) is 5.81. The molecule has 4 fully saturated rings. The summed E-state index contributed by atoms with van der Waals surface area (Å²) < 4.78 is 11.5. The van der Waals surface area contributed by atoms with E-state index in [0.29, 0.717) is 17.7 Å². The maximum absolute atomic E-state index is 12.8. The van der Waals surface area contributed by atoms with Gasteiger partial charge in [0.15, 0.2) is 0 Å². The van der Waals surface area contributed by atoms with Gasteiger partial charge in [0.25, 0.3) is 0 Å². The molecular formula is C22H25NO3. The summed E-state index contributed by atoms with van der Waals surface area (Å²) in [7, 11) is 0. The fourth-order valence-electron chi connectivity index (χ4n) is 5.81. The molecule has 4 aliphatic carbocycles. The Morgan fingerprint density at radius 3 is 2.38 bits per heavy atom. The Bertz CT molecular complexity index is 782. The SMILES string of the molecule is Cc1oc(-c2ccccc2)nc1COC(=O)C1C2CC3CC(C2)CC1C3. The van der Waals surface area contributed by atoms with Gasteiger partial charge in [-0.2, -0.15) is 0 Å². The molecule has 2 aromatic rings. The van der Waals surface area contributed by atoms with Crippen LogP contribution in [0, 0.1) is 36.5 Å². The molecule has 6 rings (SSSR count). The number of ether oxygens (including phenoxy) is 1. The maximum atomic E-state index is 12.8. The Balaban J connectivity index is 1.27. The van der Waals surface area contributed by atoms with Crippen LogP contribution >= 0.6 is 0 Å². The first kappa shape index (κ1) is 16.1. The zero-order valence-corrected chi connectivity index (χ0v) is 15.2. The molecule has 0 saturated heterocycles. The van der Waals surface area contributed by atoms with E-state index in [1.807, 2.05) is 37.3 Å². The maximum Gasteiger partial charge on any atom is 0.309 e. The second kappa shape index (κ2) is 6.26. The van der Waals surface area contributed by atoms with E-state index in [9.17, 15) is 4.79 Å². The van der Waals surface area contributed by atoms with Crippen LogP contribution in [-0.2, 0) is 16.1 Å². The molecule has 0 atom stereocenters. The van der Waals surface area contributed by atoms with Crippen LogP contribution in [0.15, 0.2) is 34.7 Å². The standard InChI is InChI=1S/C22H25NO3/c1-13-19(23-21(26-13)16-5-3-2-4-6-16)12-25-22(24)20-17-8-14-7-15(10-17)11-18(20)9-14/h2-6,14-15,17-18,20H,7-12H2,1H3. The predicted octanol–water partition coefficient (Wildman–Crippen LogP) is 4.77. The number of rotatable bonds is 4. The molecule has 136 valence electrons. The lowest BCUT2D eigenvalue weighted by molar-refractivity contribution is -0.163. The molecule has 1 aromatic heterocycles. The summed E-state index contributed by atoms with van der Waals surface area (Å²) in [6.07, 6.45) is 6.32. The Hall–Kier alpha value is -2.10. The lowest BCUT2D eigenvalue weighted by Crippen LogP contribution is -2.48. The number of aryl methyl sites for hydroxylation is 1. The van der Waals surface area contributed by atoms with Crippen molar-refractivity contribution in [3.63, 3.8) is 0 Å². The van der Waals surface area contributed by atoms with E-state index >= 15 is 0 Å². The van der Waals surface area contributed by atoms with E-state index in [4.69, 9.17) is 9.15 Å². The minimum atomic E-state index is -0.0116. The van der Waals surface area contributed by atoms with Crippen molar-refractivity contribution in [1.29, 1.82) is 0 Å². The molecular weight excluding hydrogens is 326 g/mol. The number of hydrogen-bond donors (Lipinski definition) is 0. The summed E-state index contributed by atoms with van der Waals surface area (Å²) in [5.41, 5.74) is 1.66. The second-order valence-electron chi connectivity index (χ2n) is 8.45. The molecule has 0 radical (unpaired) electrons. The first-order chi connectivity index (χ1) is 12.7. The quantitative estimate of drug-likeness (QED) is 0.745. The van der Waals surface area contributed by atoms with Crippen LogP contribution in [0.2, 0.25) is 0 Å². The van der Waals surface area contributed by atoms with Gasteiger partial charge in [-0.25, -0.2) is 4.98 Å². The summed E-state index contributed by atoms with van der Waals surface area (Å²) in [6.45, 7) is 2.09. The minimum absolute atomic E-state index is 0.0116. The second-order valence-corrected chi connectivity index (χ2v) is 8.45. The predicted molar refractivity (Wildman–Crippen MR) is 97.0 cm³/mol. The summed E-state index contributed by atoms with van der Waals surface area (Å²) in [5.74, 6) is 4.26. The van der Waals surface area contributed by atoms with Gasteiger partial charge < -0.3 is 9.15 Å². The molecule has 0 aliphatic heterocycles. The topological polar surface area (TPSA) is 52.3 Å². The Morgan fingerprint density at radius 1 is 1.08 bits per heavy atom. The average Bonchev–Trinajstić information content (AvgIpc) is 3.01. The molecule has 0 amide bonds. The van der Waals surface area contributed by atoms with Crippen molar-refractivity contribution < 1.29 is 13.9 Å². The van der Waals surface area contributed by atoms with Gasteiger partial charge in [0.05, 0.1) is 5.92 Å². The number of carbonyl (C=O) groups excluding carboxylic acids is 1. The molecule has 0 N–H and O–H groups in total. The Kier molecular flexibility index (Phi) is 3.87. The zero-order chi connectivity index (χ0) is 17.7. The smallest absolute Gasteiger partial charge is 0.309 e. The van der Waals surface area contributed by atoms with Crippen LogP contribution in [0.1, 0.15) is 43.6 Å². The highest BCUT2D eigenvalue weighted by molar-refractivity contribution is 5.73. The largest absolute Gasteiger partial charge is 0.459 e. The van der Waals surface area contributed by atoms with Gasteiger partial charge >= 0.3 is 5.97 Å². The van der Waals surface area contributed by atoms with Gasteiger partial charge in [0.2, 0.25) is 5.89 Å². The van der Waals surface area contributed by atoms with Gasteiger partial charge in [0, 0.05) is 5.56 Å². The van der Waals surface area contributed by atoms with Crippen molar-refractivity contribution in [2.45, 2.75) is 45.6 Å². The third-order valence-corrected chi connectivity index (χ3v) is 6.76. The molecule has 4 aliphatic rings. The van der Waals surface area contributed by atoms with Crippen molar-refractivity contribution >= 4 is 5.97 Å². The van der Waals surface area contributed by atoms with Gasteiger partial charge in [-0.3, -0.25) is 4.79 Å². The molecule has 4 heteroatoms. The van der Waals surface area contributed by atoms with Crippen molar-refractivity contribution in [2.24, 2.45) is 29.6 Å². The molecule has 1 aromatic carbocycles. The molecule has 1 heterocycles. The molecule has 4 saturated carbocycles. The van der Waals surface area contributed by atoms with Crippen LogP contribution in [0.25, 0.3) is 11.5 Å². The highest BCUT2D eigenvalue weighted by Gasteiger charge is 2.51. The first-order valence-electron chi connectivity index (χ1n) is 9.85. The fraction of sp³-hybridized carbons (Fsp3) is 0.545. The summed E-state index contributed by atoms with van der Waals surface area (Å²) in [5, 5.41) is 0. The monoisotopic (exact) mass is 351 g/mol. The van der Waals surface area contributed by atoms with Gasteiger partial charge in [-0.15, -0.1) is 0 Å². The summed E-state index contributed by atoms with van der Waals surface area (Å²) >= 11 is 0. The summed E-state index contributed by atoms with van der Waals surface area (Å²) in [6, 6.07) is 9.82. The average molecular weight is 351 g/mol. The van der Waals surface area contributed by atoms with Crippen LogP contribution in [0.4, 0.5) is 0 Å². The first-order valence-corrected chi connectivity index (χ1v) is 9.85. The van der Waals surface area contributed by atoms with Crippen molar-refractivity contribution in [3.05, 3.63) is 41.8 Å². The third-order valence-electron chi connectivity index (χ3n) is 6.76. The van der Waals surface area contributed by atoms with E-state index in [2.05, 4.69) is 4.98 Å². The van der Waals surface area contributed by atoms with E-state index in [1.54, 1.807) is 0 Å². The number of nitrogens with zero attached hydrogens (tertiary/aromatic N) is 1. The molecule has 0 spiro atoms. The van der Waals surface area contributed by atoms with E-state index in [-0.39, 0.29) is 18.5 Å². The number of aromatic nitrogens is 1. The molecule has 4 bridgehead atoms.